The molecule has 5 aromatic rings. The van der Waals surface area contributed by atoms with Gasteiger partial charge in [-0.05, 0) is 57.8 Å². The second-order valence-electron chi connectivity index (χ2n) is 12.1. The molecule has 2 atom stereocenters. The van der Waals surface area contributed by atoms with E-state index in [1.54, 1.807) is 35.0 Å². The third kappa shape index (κ3) is 9.96. The number of nitrogens with one attached hydrogen (secondary N) is 1. The molecule has 2 aliphatic heterocycles. The summed E-state index contributed by atoms with van der Waals surface area (Å²) in [6, 6.07) is 10.4. The van der Waals surface area contributed by atoms with Gasteiger partial charge in [-0.1, -0.05) is 6.08 Å². The lowest BCUT2D eigenvalue weighted by Gasteiger charge is -2.39. The number of likely N-dealkylation sites (N-methyl/N-ethyl adjacent to an activating group) is 1. The molecule has 2 aromatic carbocycles. The number of anilines is 3. The first-order valence-corrected chi connectivity index (χ1v) is 16.6. The Morgan fingerprint density at radius 2 is 1.76 bits per heavy atom. The lowest BCUT2D eigenvalue weighted by atomic mass is 10.1. The van der Waals surface area contributed by atoms with Crippen LogP contribution in [0.2, 0.25) is 0 Å². The number of ether oxygens (including phenoxy) is 2. The first-order chi connectivity index (χ1) is 26.5. The van der Waals surface area contributed by atoms with Gasteiger partial charge in [0.15, 0.2) is 11.4 Å². The summed E-state index contributed by atoms with van der Waals surface area (Å²) in [6.07, 6.45) is 8.20. The smallest absolute Gasteiger partial charge is 0.290 e. The van der Waals surface area contributed by atoms with Crippen molar-refractivity contribution in [2.45, 2.75) is 25.9 Å². The predicted molar refractivity (Wildman–Crippen MR) is 199 cm³/mol. The molecule has 290 valence electrons. The summed E-state index contributed by atoms with van der Waals surface area (Å²) < 4.78 is 29.6. The lowest BCUT2D eigenvalue weighted by molar-refractivity contribution is -0.129. The molecule has 1 fully saturated rings. The molecule has 18 nitrogen and oxygen atoms in total. The number of carbonyl (C=O) groups excluding carboxylic acids is 1. The van der Waals surface area contributed by atoms with E-state index in [0.29, 0.717) is 65.9 Å². The van der Waals surface area contributed by atoms with E-state index in [1.165, 1.54) is 18.7 Å². The minimum atomic E-state index is -0.510. The highest BCUT2D eigenvalue weighted by Gasteiger charge is 2.35. The number of hydrogen-bond acceptors (Lipinski definition) is 13. The molecule has 1 amide bonds. The van der Waals surface area contributed by atoms with Crippen LogP contribution in [0, 0.1) is 12.7 Å². The van der Waals surface area contributed by atoms with E-state index < -0.39 is 5.82 Å². The molecule has 3 aromatic heterocycles. The Morgan fingerprint density at radius 1 is 1.04 bits per heavy atom. The molecule has 55 heavy (non-hydrogen) atoms. The van der Waals surface area contributed by atoms with Crippen molar-refractivity contribution in [2.24, 2.45) is 0 Å². The Balaban J connectivity index is 0.000000684. The summed E-state index contributed by atoms with van der Waals surface area (Å²) in [5.74, 6) is 1.38. The van der Waals surface area contributed by atoms with Gasteiger partial charge in [-0.15, -0.1) is 0 Å². The first-order valence-electron chi connectivity index (χ1n) is 16.6. The highest BCUT2D eigenvalue weighted by atomic mass is 19.1. The van der Waals surface area contributed by atoms with E-state index in [0.717, 1.165) is 11.3 Å². The van der Waals surface area contributed by atoms with Gasteiger partial charge in [0.25, 0.3) is 19.4 Å². The number of pyridine rings is 1. The third-order valence-electron chi connectivity index (χ3n) is 8.59. The highest BCUT2D eigenvalue weighted by molar-refractivity contribution is 6.00. The van der Waals surface area contributed by atoms with Crippen LogP contribution in [0.1, 0.15) is 12.5 Å². The summed E-state index contributed by atoms with van der Waals surface area (Å²) in [6.45, 7) is 5.31. The van der Waals surface area contributed by atoms with Crippen molar-refractivity contribution in [3.05, 3.63) is 78.8 Å². The summed E-state index contributed by atoms with van der Waals surface area (Å²) in [4.78, 5) is 57.6. The van der Waals surface area contributed by atoms with Gasteiger partial charge in [-0.2, -0.15) is 5.10 Å². The van der Waals surface area contributed by atoms with Crippen LogP contribution in [0.3, 0.4) is 0 Å². The molecule has 5 heterocycles. The average molecular weight is 762 g/mol. The van der Waals surface area contributed by atoms with Crippen LogP contribution in [0.25, 0.3) is 16.6 Å². The van der Waals surface area contributed by atoms with Gasteiger partial charge in [0.05, 0.1) is 28.3 Å². The second-order valence-corrected chi connectivity index (χ2v) is 12.1. The number of piperazine rings is 1. The maximum absolute atomic E-state index is 15.6. The molecule has 0 unspecified atom stereocenters. The maximum Gasteiger partial charge on any atom is 0.290 e. The van der Waals surface area contributed by atoms with Gasteiger partial charge in [-0.25, -0.2) is 23.9 Å². The normalized spacial score (nSPS) is 14.8. The summed E-state index contributed by atoms with van der Waals surface area (Å²) in [5.41, 5.74) is 3.12. The Bertz CT molecular complexity index is 2130. The van der Waals surface area contributed by atoms with Crippen molar-refractivity contribution in [1.29, 1.82) is 0 Å². The third-order valence-corrected chi connectivity index (χ3v) is 8.59. The number of aromatic nitrogens is 5. The zero-order chi connectivity index (χ0) is 40.1. The molecular formula is C36H40FN9O9. The Morgan fingerprint density at radius 3 is 2.47 bits per heavy atom. The van der Waals surface area contributed by atoms with Gasteiger partial charge in [0, 0.05) is 50.1 Å². The fraction of sp³-hybridized carbons (Fsp3) is 0.278. The lowest BCUT2D eigenvalue weighted by Crippen LogP contribution is -2.56. The van der Waals surface area contributed by atoms with Crippen molar-refractivity contribution in [1.82, 2.24) is 34.4 Å². The number of amides is 1. The number of nitrogens with zero attached hydrogens (tertiary/aromatic N) is 8. The maximum atomic E-state index is 15.6. The van der Waals surface area contributed by atoms with Crippen LogP contribution in [0.4, 0.5) is 21.6 Å². The number of carboxylic acid groups (broad SMARTS) is 3. The Hall–Kier alpha value is -6.89. The number of rotatable bonds is 7. The number of aryl methyl sites for hydroxylation is 1. The largest absolute Gasteiger partial charge is 0.488 e. The van der Waals surface area contributed by atoms with Crippen molar-refractivity contribution in [2.75, 3.05) is 50.6 Å². The molecule has 0 saturated carbocycles. The second kappa shape index (κ2) is 19.3. The van der Waals surface area contributed by atoms with Crippen molar-refractivity contribution in [3.8, 4) is 17.2 Å². The Labute approximate surface area is 314 Å². The van der Waals surface area contributed by atoms with Gasteiger partial charge in [0.1, 0.15) is 42.4 Å². The minimum absolute atomic E-state index is 0.0270. The fourth-order valence-corrected chi connectivity index (χ4v) is 5.76. The van der Waals surface area contributed by atoms with E-state index in [2.05, 4.69) is 30.3 Å². The molecule has 1 saturated heterocycles. The number of benzene rings is 2. The van der Waals surface area contributed by atoms with Gasteiger partial charge in [-0.3, -0.25) is 19.2 Å². The van der Waals surface area contributed by atoms with Crippen LogP contribution >= 0.6 is 0 Å². The van der Waals surface area contributed by atoms with Gasteiger partial charge < -0.3 is 44.8 Å². The zero-order valence-corrected chi connectivity index (χ0v) is 30.3. The van der Waals surface area contributed by atoms with Crippen LogP contribution in [-0.4, -0.2) is 127 Å². The summed E-state index contributed by atoms with van der Waals surface area (Å²) in [7, 11) is 3.96. The first kappa shape index (κ1) is 40.9. The molecule has 2 aliphatic rings. The number of hydrogen-bond donors (Lipinski definition) is 4. The standard InChI is InChI=1S/C33H34FN9O3.3CH2O2/c1-20-13-26(24(34)15-28(20)46-23-9-10-43-29(14-23)36-19-38-43)39-33-31-25(35-18-37-33)6-7-27-32(31)45-17-22-16-41(27)11-12-42(22)30(44)8-5-21(2)40(3)4;3*2-1-3/h5-10,13-15,18-19,21-22H,11-12,16-17H2,1-4H3,(H,35,37,39);3*1H,(H,2,3)/b8-5+;;;/t21-,22+;;;/m0.../s1. The predicted octanol–water partition coefficient (Wildman–Crippen LogP) is 3.67. The van der Waals surface area contributed by atoms with Crippen molar-refractivity contribution in [3.63, 3.8) is 0 Å². The van der Waals surface area contributed by atoms with E-state index in [9.17, 15) is 4.79 Å². The topological polar surface area (TPSA) is 225 Å². The molecule has 2 bridgehead atoms. The molecule has 0 aliphatic carbocycles. The molecule has 4 N–H and O–H groups in total. The van der Waals surface area contributed by atoms with Crippen molar-refractivity contribution < 1.29 is 48.4 Å². The Kier molecular flexibility index (Phi) is 14.3. The molecule has 0 radical (unpaired) electrons. The van der Waals surface area contributed by atoms with Gasteiger partial charge in [0.2, 0.25) is 5.91 Å². The number of halogens is 1. The zero-order valence-electron chi connectivity index (χ0n) is 30.3. The number of carbonyl (C=O) groups is 4. The van der Waals surface area contributed by atoms with E-state index in [4.69, 9.17) is 39.2 Å². The van der Waals surface area contributed by atoms with Crippen LogP contribution in [0.5, 0.6) is 17.2 Å². The molecule has 7 rings (SSSR count). The average Bonchev–Trinajstić information content (AvgIpc) is 3.58. The fourth-order valence-electron chi connectivity index (χ4n) is 5.76. The number of fused-ring (bicyclic) bond motifs is 7. The molecular weight excluding hydrogens is 721 g/mol. The van der Waals surface area contributed by atoms with Crippen molar-refractivity contribution >= 4 is 59.1 Å². The molecule has 0 spiro atoms. The van der Waals surface area contributed by atoms with Gasteiger partial charge >= 0.3 is 0 Å². The quantitative estimate of drug-likeness (QED) is 0.137. The SMILES string of the molecule is Cc1cc(Nc2ncnc3ccc4c(c23)OC[C@H]2CN4CCN2C(=O)/C=C/[C@H](C)N(C)C)c(F)cc1Oc1ccn2ncnc2c1.O=CO.O=CO.O=CO. The monoisotopic (exact) mass is 761 g/mol. The van der Waals surface area contributed by atoms with Crippen LogP contribution in [0.15, 0.2) is 67.4 Å². The van der Waals surface area contributed by atoms with E-state index >= 15 is 4.39 Å². The van der Waals surface area contributed by atoms with Crippen LogP contribution in [-0.2, 0) is 19.2 Å². The van der Waals surface area contributed by atoms with E-state index in [-0.39, 0.29) is 43.1 Å². The summed E-state index contributed by atoms with van der Waals surface area (Å²) in [5, 5.41) is 28.6. The van der Waals surface area contributed by atoms with Crippen LogP contribution < -0.4 is 19.7 Å². The molecule has 19 heteroatoms. The van der Waals surface area contributed by atoms with E-state index in [1.807, 2.05) is 56.0 Å². The summed E-state index contributed by atoms with van der Waals surface area (Å²) >= 11 is 0. The highest BCUT2D eigenvalue weighted by Crippen LogP contribution is 2.42. The minimum Gasteiger partial charge on any atom is -0.488 e.